The van der Waals surface area contributed by atoms with E-state index in [4.69, 9.17) is 10.2 Å². The number of nitrogens with two attached hydrogens (primary N) is 1. The molecule has 0 bridgehead atoms. The fraction of sp³-hybridized carbons (Fsp3) is 0.444. The van der Waals surface area contributed by atoms with Crippen molar-refractivity contribution in [1.29, 1.82) is 0 Å². The van der Waals surface area contributed by atoms with Gasteiger partial charge in [-0.25, -0.2) is 0 Å². The van der Waals surface area contributed by atoms with E-state index in [0.717, 1.165) is 12.8 Å². The SMILES string of the molecule is NC1CC(NC(=O)c2ccoc2Br)C1. The molecule has 0 radical (unpaired) electrons. The summed E-state index contributed by atoms with van der Waals surface area (Å²) in [5.41, 5.74) is 6.15. The summed E-state index contributed by atoms with van der Waals surface area (Å²) in [6.45, 7) is 0. The van der Waals surface area contributed by atoms with E-state index in [2.05, 4.69) is 21.2 Å². The Morgan fingerprint density at radius 1 is 1.64 bits per heavy atom. The zero-order chi connectivity index (χ0) is 10.1. The van der Waals surface area contributed by atoms with Crippen molar-refractivity contribution >= 4 is 21.8 Å². The van der Waals surface area contributed by atoms with Crippen LogP contribution in [0.4, 0.5) is 0 Å². The summed E-state index contributed by atoms with van der Waals surface area (Å²) >= 11 is 3.16. The average Bonchev–Trinajstić information content (AvgIpc) is 2.48. The lowest BCUT2D eigenvalue weighted by atomic mass is 9.87. The van der Waals surface area contributed by atoms with Crippen LogP contribution in [-0.2, 0) is 0 Å². The Balaban J connectivity index is 1.93. The largest absolute Gasteiger partial charge is 0.457 e. The molecule has 0 unspecified atom stereocenters. The molecule has 1 aliphatic rings. The molecule has 1 amide bonds. The maximum atomic E-state index is 11.6. The molecule has 1 heterocycles. The molecule has 14 heavy (non-hydrogen) atoms. The van der Waals surface area contributed by atoms with Crippen LogP contribution in [0.3, 0.4) is 0 Å². The van der Waals surface area contributed by atoms with E-state index >= 15 is 0 Å². The van der Waals surface area contributed by atoms with Crippen molar-refractivity contribution < 1.29 is 9.21 Å². The number of halogens is 1. The third kappa shape index (κ3) is 1.83. The number of rotatable bonds is 2. The highest BCUT2D eigenvalue weighted by Crippen LogP contribution is 2.21. The second-order valence-corrected chi connectivity index (χ2v) is 4.23. The fourth-order valence-electron chi connectivity index (χ4n) is 1.50. The second kappa shape index (κ2) is 3.74. The molecule has 1 aliphatic carbocycles. The summed E-state index contributed by atoms with van der Waals surface area (Å²) in [7, 11) is 0. The van der Waals surface area contributed by atoms with Gasteiger partial charge in [0.25, 0.3) is 5.91 Å². The topological polar surface area (TPSA) is 68.3 Å². The van der Waals surface area contributed by atoms with Gasteiger partial charge in [-0.15, -0.1) is 0 Å². The Bertz CT molecular complexity index is 344. The van der Waals surface area contributed by atoms with E-state index in [1.165, 1.54) is 6.26 Å². The highest BCUT2D eigenvalue weighted by Gasteiger charge is 2.28. The fourth-order valence-corrected chi connectivity index (χ4v) is 1.92. The third-order valence-corrected chi connectivity index (χ3v) is 2.99. The van der Waals surface area contributed by atoms with Crippen molar-refractivity contribution in [3.8, 4) is 0 Å². The van der Waals surface area contributed by atoms with Gasteiger partial charge in [0, 0.05) is 12.1 Å². The van der Waals surface area contributed by atoms with Gasteiger partial charge in [0.05, 0.1) is 11.8 Å². The molecule has 1 saturated carbocycles. The van der Waals surface area contributed by atoms with E-state index in [1.807, 2.05) is 0 Å². The van der Waals surface area contributed by atoms with Crippen LogP contribution in [0.1, 0.15) is 23.2 Å². The molecule has 76 valence electrons. The highest BCUT2D eigenvalue weighted by atomic mass is 79.9. The third-order valence-electron chi connectivity index (χ3n) is 2.37. The molecule has 1 aromatic rings. The number of nitrogens with one attached hydrogen (secondary N) is 1. The smallest absolute Gasteiger partial charge is 0.255 e. The van der Waals surface area contributed by atoms with Crippen molar-refractivity contribution in [2.75, 3.05) is 0 Å². The van der Waals surface area contributed by atoms with Crippen LogP contribution in [0.2, 0.25) is 0 Å². The number of hydrogen-bond donors (Lipinski definition) is 2. The van der Waals surface area contributed by atoms with Gasteiger partial charge >= 0.3 is 0 Å². The first-order chi connectivity index (χ1) is 6.66. The van der Waals surface area contributed by atoms with Crippen LogP contribution in [0, 0.1) is 0 Å². The first-order valence-electron chi connectivity index (χ1n) is 4.46. The molecule has 0 aliphatic heterocycles. The van der Waals surface area contributed by atoms with Crippen LogP contribution in [0.5, 0.6) is 0 Å². The first kappa shape index (κ1) is 9.73. The first-order valence-corrected chi connectivity index (χ1v) is 5.25. The number of amides is 1. The molecule has 1 aromatic heterocycles. The van der Waals surface area contributed by atoms with E-state index in [0.29, 0.717) is 10.2 Å². The quantitative estimate of drug-likeness (QED) is 0.840. The minimum atomic E-state index is -0.109. The van der Waals surface area contributed by atoms with Crippen molar-refractivity contribution in [2.24, 2.45) is 5.73 Å². The summed E-state index contributed by atoms with van der Waals surface area (Å²) in [5, 5.41) is 2.88. The molecule has 2 rings (SSSR count). The molecule has 0 atom stereocenters. The van der Waals surface area contributed by atoms with Gasteiger partial charge < -0.3 is 15.5 Å². The summed E-state index contributed by atoms with van der Waals surface area (Å²) in [4.78, 5) is 11.6. The van der Waals surface area contributed by atoms with Crippen molar-refractivity contribution in [2.45, 2.75) is 24.9 Å². The molecule has 3 N–H and O–H groups in total. The van der Waals surface area contributed by atoms with Gasteiger partial charge in [0.1, 0.15) is 0 Å². The standard InChI is InChI=1S/C9H11BrN2O2/c10-8-7(1-2-14-8)9(13)12-6-3-5(11)4-6/h1-2,5-6H,3-4,11H2,(H,12,13). The van der Waals surface area contributed by atoms with Gasteiger partial charge in [-0.3, -0.25) is 4.79 Å². The predicted octanol–water partition coefficient (Wildman–Crippen LogP) is 1.26. The van der Waals surface area contributed by atoms with Gasteiger partial charge in [-0.05, 0) is 34.8 Å². The minimum absolute atomic E-state index is 0.109. The Kier molecular flexibility index (Phi) is 2.60. The van der Waals surface area contributed by atoms with Crippen LogP contribution in [0.25, 0.3) is 0 Å². The number of carbonyl (C=O) groups excluding carboxylic acids is 1. The molecule has 5 heteroatoms. The molecule has 0 spiro atoms. The van der Waals surface area contributed by atoms with Crippen LogP contribution < -0.4 is 11.1 Å². The van der Waals surface area contributed by atoms with Crippen LogP contribution in [0.15, 0.2) is 21.4 Å². The zero-order valence-electron chi connectivity index (χ0n) is 7.50. The maximum absolute atomic E-state index is 11.6. The molecule has 4 nitrogen and oxygen atoms in total. The number of hydrogen-bond acceptors (Lipinski definition) is 3. The Hall–Kier alpha value is -0.810. The van der Waals surface area contributed by atoms with E-state index in [1.54, 1.807) is 6.07 Å². The van der Waals surface area contributed by atoms with Gasteiger partial charge in [0.2, 0.25) is 0 Å². The molecule has 1 fully saturated rings. The summed E-state index contributed by atoms with van der Waals surface area (Å²) in [6, 6.07) is 2.10. The van der Waals surface area contributed by atoms with Gasteiger partial charge in [-0.2, -0.15) is 0 Å². The van der Waals surface area contributed by atoms with Crippen molar-refractivity contribution in [3.05, 3.63) is 22.6 Å². The lowest BCUT2D eigenvalue weighted by Crippen LogP contribution is -2.50. The summed E-state index contributed by atoms with van der Waals surface area (Å²) in [6.07, 6.45) is 3.20. The van der Waals surface area contributed by atoms with E-state index in [9.17, 15) is 4.79 Å². The zero-order valence-corrected chi connectivity index (χ0v) is 9.08. The molecule has 0 aromatic carbocycles. The van der Waals surface area contributed by atoms with E-state index in [-0.39, 0.29) is 18.0 Å². The number of carbonyl (C=O) groups is 1. The van der Waals surface area contributed by atoms with Gasteiger partial charge in [-0.1, -0.05) is 0 Å². The van der Waals surface area contributed by atoms with Crippen LogP contribution in [-0.4, -0.2) is 18.0 Å². The van der Waals surface area contributed by atoms with Crippen LogP contribution >= 0.6 is 15.9 Å². The molecular weight excluding hydrogens is 248 g/mol. The predicted molar refractivity (Wildman–Crippen MR) is 54.9 cm³/mol. The summed E-state index contributed by atoms with van der Waals surface area (Å²) < 4.78 is 5.44. The monoisotopic (exact) mass is 258 g/mol. The maximum Gasteiger partial charge on any atom is 0.255 e. The Morgan fingerprint density at radius 2 is 2.36 bits per heavy atom. The van der Waals surface area contributed by atoms with Gasteiger partial charge in [0.15, 0.2) is 4.67 Å². The van der Waals surface area contributed by atoms with E-state index < -0.39 is 0 Å². The molecule has 0 saturated heterocycles. The lowest BCUT2D eigenvalue weighted by molar-refractivity contribution is 0.0908. The lowest BCUT2D eigenvalue weighted by Gasteiger charge is -2.32. The highest BCUT2D eigenvalue weighted by molar-refractivity contribution is 9.10. The Labute approximate surface area is 90.0 Å². The van der Waals surface area contributed by atoms with Crippen molar-refractivity contribution in [1.82, 2.24) is 5.32 Å². The number of furan rings is 1. The average molecular weight is 259 g/mol. The van der Waals surface area contributed by atoms with Crippen molar-refractivity contribution in [3.63, 3.8) is 0 Å². The molecular formula is C9H11BrN2O2. The minimum Gasteiger partial charge on any atom is -0.457 e. The summed E-state index contributed by atoms with van der Waals surface area (Å²) in [5.74, 6) is -0.109. The normalized spacial score (nSPS) is 25.6. The Morgan fingerprint density at radius 3 is 2.86 bits per heavy atom. The second-order valence-electron chi connectivity index (χ2n) is 3.51.